The van der Waals surface area contributed by atoms with E-state index in [1.807, 2.05) is 21.1 Å². The number of carbonyl (C=O) groups is 1. The summed E-state index contributed by atoms with van der Waals surface area (Å²) in [5.74, 6) is -0.173. The molecule has 0 aliphatic carbocycles. The lowest BCUT2D eigenvalue weighted by Crippen LogP contribution is -2.46. The first kappa shape index (κ1) is 58.2. The summed E-state index contributed by atoms with van der Waals surface area (Å²) in [5, 5.41) is 13.7. The van der Waals surface area contributed by atoms with E-state index in [-0.39, 0.29) is 19.1 Å². The lowest BCUT2D eigenvalue weighted by molar-refractivity contribution is -0.870. The van der Waals surface area contributed by atoms with Crippen LogP contribution in [0.3, 0.4) is 0 Å². The predicted octanol–water partition coefficient (Wildman–Crippen LogP) is 13.6. The van der Waals surface area contributed by atoms with Gasteiger partial charge in [0.25, 0.3) is 7.82 Å². The number of nitrogens with one attached hydrogen (secondary N) is 1. The number of quaternary nitrogens is 1. The molecule has 0 heterocycles. The van der Waals surface area contributed by atoms with E-state index in [2.05, 4.69) is 79.9 Å². The molecular weight excluding hydrogens is 768 g/mol. The first-order valence-corrected chi connectivity index (χ1v) is 26.1. The summed E-state index contributed by atoms with van der Waals surface area (Å²) >= 11 is 0. The van der Waals surface area contributed by atoms with Gasteiger partial charge in [-0.15, -0.1) is 0 Å². The van der Waals surface area contributed by atoms with E-state index in [0.717, 1.165) is 83.5 Å². The van der Waals surface area contributed by atoms with Crippen LogP contribution in [0, 0.1) is 0 Å². The van der Waals surface area contributed by atoms with Gasteiger partial charge in [-0.25, -0.2) is 0 Å². The zero-order valence-electron chi connectivity index (χ0n) is 39.6. The van der Waals surface area contributed by atoms with Crippen molar-refractivity contribution in [1.82, 2.24) is 5.32 Å². The van der Waals surface area contributed by atoms with Gasteiger partial charge in [0.1, 0.15) is 13.2 Å². The van der Waals surface area contributed by atoms with Gasteiger partial charge in [0.2, 0.25) is 5.91 Å². The van der Waals surface area contributed by atoms with E-state index >= 15 is 0 Å². The van der Waals surface area contributed by atoms with Gasteiger partial charge in [0.05, 0.1) is 39.9 Å². The van der Waals surface area contributed by atoms with Crippen molar-refractivity contribution in [2.75, 3.05) is 40.9 Å². The number of hydrogen-bond acceptors (Lipinski definition) is 6. The fraction of sp³-hybridized carbons (Fsp3) is 0.784. The highest BCUT2D eigenvalue weighted by Crippen LogP contribution is 2.38. The maximum absolute atomic E-state index is 12.8. The van der Waals surface area contributed by atoms with Crippen LogP contribution in [0.2, 0.25) is 0 Å². The van der Waals surface area contributed by atoms with Crippen molar-refractivity contribution in [2.24, 2.45) is 0 Å². The molecule has 2 N–H and O–H groups in total. The molecule has 0 spiro atoms. The Labute approximate surface area is 371 Å². The molecule has 1 amide bonds. The minimum Gasteiger partial charge on any atom is -0.756 e. The fourth-order valence-corrected chi connectivity index (χ4v) is 7.61. The van der Waals surface area contributed by atoms with Crippen LogP contribution < -0.4 is 10.2 Å². The summed E-state index contributed by atoms with van der Waals surface area (Å²) in [4.78, 5) is 25.1. The van der Waals surface area contributed by atoms with Gasteiger partial charge >= 0.3 is 0 Å². The van der Waals surface area contributed by atoms with Gasteiger partial charge in [0, 0.05) is 6.42 Å². The Hall–Kier alpha value is -1.80. The SMILES string of the molecule is CC/C=C\C/C=C\C/C=C\C/C=C\C/C=C\CCCCCCCCCCCCCCCCCCCC(=O)NC(COP(=O)([O-])OCC[N+](C)(C)C)C(O)CCCCCCC. The summed E-state index contributed by atoms with van der Waals surface area (Å²) in [6.45, 7) is 4.51. The number of aliphatic hydroxyl groups excluding tert-OH is 1. The molecule has 3 unspecified atom stereocenters. The normalized spacial score (nSPS) is 14.7. The molecule has 8 nitrogen and oxygen atoms in total. The third kappa shape index (κ3) is 44.3. The van der Waals surface area contributed by atoms with E-state index in [9.17, 15) is 19.4 Å². The topological polar surface area (TPSA) is 108 Å². The molecule has 0 aliphatic heterocycles. The summed E-state index contributed by atoms with van der Waals surface area (Å²) in [7, 11) is 1.30. The molecule has 0 saturated heterocycles. The second-order valence-electron chi connectivity index (χ2n) is 17.8. The quantitative estimate of drug-likeness (QED) is 0.0273. The van der Waals surface area contributed by atoms with E-state index in [1.165, 1.54) is 96.3 Å². The van der Waals surface area contributed by atoms with Crippen molar-refractivity contribution in [2.45, 2.75) is 219 Å². The van der Waals surface area contributed by atoms with Crippen molar-refractivity contribution in [3.63, 3.8) is 0 Å². The van der Waals surface area contributed by atoms with E-state index < -0.39 is 20.0 Å². The lowest BCUT2D eigenvalue weighted by Gasteiger charge is -2.30. The highest BCUT2D eigenvalue weighted by atomic mass is 31.2. The number of phosphoric acid groups is 1. The number of phosphoric ester groups is 1. The van der Waals surface area contributed by atoms with Gasteiger partial charge in [-0.3, -0.25) is 9.36 Å². The average Bonchev–Trinajstić information content (AvgIpc) is 3.20. The number of likely N-dealkylation sites (N-methyl/N-ethyl adjacent to an activating group) is 1. The zero-order valence-corrected chi connectivity index (χ0v) is 40.5. The molecule has 0 saturated carbocycles. The number of amides is 1. The Kier molecular flexibility index (Phi) is 41.2. The molecule has 60 heavy (non-hydrogen) atoms. The van der Waals surface area contributed by atoms with Crippen LogP contribution in [0.15, 0.2) is 60.8 Å². The van der Waals surface area contributed by atoms with Crippen LogP contribution >= 0.6 is 7.82 Å². The van der Waals surface area contributed by atoms with Gasteiger partial charge in [0.15, 0.2) is 0 Å². The predicted molar refractivity (Wildman–Crippen MR) is 256 cm³/mol. The third-order valence-electron chi connectivity index (χ3n) is 10.8. The van der Waals surface area contributed by atoms with Crippen LogP contribution in [-0.4, -0.2) is 68.5 Å². The third-order valence-corrected chi connectivity index (χ3v) is 11.7. The molecule has 0 aliphatic rings. The highest BCUT2D eigenvalue weighted by molar-refractivity contribution is 7.45. The van der Waals surface area contributed by atoms with E-state index in [1.54, 1.807) is 0 Å². The number of allylic oxidation sites excluding steroid dienone is 10. The summed E-state index contributed by atoms with van der Waals surface area (Å²) in [6, 6.07) is -0.797. The van der Waals surface area contributed by atoms with E-state index in [0.29, 0.717) is 23.9 Å². The van der Waals surface area contributed by atoms with E-state index in [4.69, 9.17) is 9.05 Å². The van der Waals surface area contributed by atoms with Crippen molar-refractivity contribution >= 4 is 13.7 Å². The summed E-state index contributed by atoms with van der Waals surface area (Å²) in [6.07, 6.45) is 55.9. The number of carbonyl (C=O) groups excluding carboxylic acids is 1. The molecule has 3 atom stereocenters. The Balaban J connectivity index is 3.84. The highest BCUT2D eigenvalue weighted by Gasteiger charge is 2.24. The molecular formula is C51H95N2O6P. The van der Waals surface area contributed by atoms with Gasteiger partial charge in [-0.1, -0.05) is 203 Å². The van der Waals surface area contributed by atoms with Gasteiger partial charge in [-0.05, 0) is 57.8 Å². The minimum atomic E-state index is -4.55. The molecule has 0 aromatic heterocycles. The van der Waals surface area contributed by atoms with Crippen molar-refractivity contribution < 1.29 is 32.9 Å². The van der Waals surface area contributed by atoms with Crippen LogP contribution in [0.4, 0.5) is 0 Å². The Morgan fingerprint density at radius 3 is 1.48 bits per heavy atom. The second kappa shape index (κ2) is 42.5. The largest absolute Gasteiger partial charge is 0.756 e. The molecule has 0 fully saturated rings. The molecule has 0 radical (unpaired) electrons. The molecule has 0 aromatic rings. The number of hydrogen-bond donors (Lipinski definition) is 2. The smallest absolute Gasteiger partial charge is 0.268 e. The lowest BCUT2D eigenvalue weighted by atomic mass is 10.0. The first-order chi connectivity index (χ1) is 29.0. The maximum Gasteiger partial charge on any atom is 0.268 e. The van der Waals surface area contributed by atoms with Crippen molar-refractivity contribution in [1.29, 1.82) is 0 Å². The minimum absolute atomic E-state index is 0.0105. The monoisotopic (exact) mass is 863 g/mol. The van der Waals surface area contributed by atoms with Crippen LogP contribution in [0.25, 0.3) is 0 Å². The molecule has 350 valence electrons. The maximum atomic E-state index is 12.8. The molecule has 0 aromatic carbocycles. The van der Waals surface area contributed by atoms with Crippen LogP contribution in [0.5, 0.6) is 0 Å². The zero-order chi connectivity index (χ0) is 44.3. The second-order valence-corrected chi connectivity index (χ2v) is 19.2. The summed E-state index contributed by atoms with van der Waals surface area (Å²) < 4.78 is 23.1. The number of aliphatic hydroxyl groups is 1. The Bertz CT molecular complexity index is 1160. The summed E-state index contributed by atoms with van der Waals surface area (Å²) in [5.41, 5.74) is 0. The number of unbranched alkanes of at least 4 members (excludes halogenated alkanes) is 21. The molecule has 0 rings (SSSR count). The molecule has 9 heteroatoms. The Morgan fingerprint density at radius 2 is 1.02 bits per heavy atom. The standard InChI is InChI=1S/C51H95N2O6P/c1-6-8-10-12-13-14-15-16-17-18-19-20-21-22-23-24-25-26-27-28-29-30-31-32-33-34-35-36-37-38-39-41-43-45-51(55)52-49(50(54)44-42-40-11-9-7-2)48-59-60(56,57)58-47-46-53(3,4)5/h8,10,13-14,16-17,19-20,22-23,49-50,54H,6-7,9,11-12,15,18,21,24-48H2,1-5H3,(H-,52,55,56,57)/b10-8-,14-13-,17-16-,20-19-,23-22-. The van der Waals surface area contributed by atoms with Crippen molar-refractivity contribution in [3.8, 4) is 0 Å². The van der Waals surface area contributed by atoms with Crippen molar-refractivity contribution in [3.05, 3.63) is 60.8 Å². The number of rotatable bonds is 44. The molecule has 0 bridgehead atoms. The fourth-order valence-electron chi connectivity index (χ4n) is 6.89. The Morgan fingerprint density at radius 1 is 0.600 bits per heavy atom. The van der Waals surface area contributed by atoms with Gasteiger partial charge in [-0.2, -0.15) is 0 Å². The van der Waals surface area contributed by atoms with Crippen LogP contribution in [-0.2, 0) is 18.4 Å². The average molecular weight is 863 g/mol. The number of nitrogens with zero attached hydrogens (tertiary/aromatic N) is 1. The first-order valence-electron chi connectivity index (χ1n) is 24.6. The van der Waals surface area contributed by atoms with Crippen LogP contribution in [0.1, 0.15) is 206 Å². The van der Waals surface area contributed by atoms with Gasteiger partial charge < -0.3 is 28.8 Å².